The summed E-state index contributed by atoms with van der Waals surface area (Å²) >= 11 is 0. The number of aryl methyl sites for hydroxylation is 2. The summed E-state index contributed by atoms with van der Waals surface area (Å²) in [5.41, 5.74) is 3.49. The van der Waals surface area contributed by atoms with Crippen molar-refractivity contribution in [3.63, 3.8) is 0 Å². The van der Waals surface area contributed by atoms with E-state index < -0.39 is 0 Å². The number of benzene rings is 1. The first-order valence-electron chi connectivity index (χ1n) is 8.89. The summed E-state index contributed by atoms with van der Waals surface area (Å²) in [7, 11) is 0. The van der Waals surface area contributed by atoms with Crippen LogP contribution in [-0.4, -0.2) is 4.90 Å². The molecule has 0 atom stereocenters. The van der Waals surface area contributed by atoms with Crippen molar-refractivity contribution in [2.45, 2.75) is 33.5 Å². The molecule has 0 aliphatic rings. The third-order valence-corrected chi connectivity index (χ3v) is 4.76. The van der Waals surface area contributed by atoms with Crippen LogP contribution in [0.5, 0.6) is 0 Å². The molecule has 27 heavy (non-hydrogen) atoms. The molecule has 1 aromatic carbocycles. The highest BCUT2D eigenvalue weighted by Gasteiger charge is 2.15. The average molecular weight is 363 g/mol. The van der Waals surface area contributed by atoms with Gasteiger partial charge in [-0.05, 0) is 66.9 Å². The van der Waals surface area contributed by atoms with Gasteiger partial charge in [0, 0.05) is 18.0 Å². The predicted molar refractivity (Wildman–Crippen MR) is 102 cm³/mol. The number of nitrogens with zero attached hydrogens (tertiary/aromatic N) is 1. The van der Waals surface area contributed by atoms with Crippen LogP contribution in [0.4, 0.5) is 0 Å². The first-order valence-corrected chi connectivity index (χ1v) is 8.89. The summed E-state index contributed by atoms with van der Waals surface area (Å²) in [4.78, 5) is 14.3. The van der Waals surface area contributed by atoms with Crippen molar-refractivity contribution in [1.82, 2.24) is 4.90 Å². The largest absolute Gasteiger partial charge is 0.468 e. The zero-order valence-corrected chi connectivity index (χ0v) is 15.4. The van der Waals surface area contributed by atoms with E-state index in [-0.39, 0.29) is 5.63 Å². The van der Waals surface area contributed by atoms with Gasteiger partial charge in [0.05, 0.1) is 25.6 Å². The van der Waals surface area contributed by atoms with Crippen molar-refractivity contribution in [3.8, 4) is 0 Å². The number of fused-ring (bicyclic) bond motifs is 1. The summed E-state index contributed by atoms with van der Waals surface area (Å²) in [6, 6.07) is 13.2. The van der Waals surface area contributed by atoms with Crippen LogP contribution in [0.15, 0.2) is 73.0 Å². The van der Waals surface area contributed by atoms with E-state index in [0.29, 0.717) is 25.2 Å². The minimum Gasteiger partial charge on any atom is -0.468 e. The highest BCUT2D eigenvalue weighted by molar-refractivity contribution is 5.81. The first-order chi connectivity index (χ1) is 13.1. The number of hydrogen-bond donors (Lipinski definition) is 0. The summed E-state index contributed by atoms with van der Waals surface area (Å²) in [6.07, 6.45) is 3.33. The Bertz CT molecular complexity index is 1060. The first kappa shape index (κ1) is 17.4. The smallest absolute Gasteiger partial charge is 0.336 e. The van der Waals surface area contributed by atoms with E-state index in [0.717, 1.165) is 28.0 Å². The van der Waals surface area contributed by atoms with Gasteiger partial charge in [0.2, 0.25) is 0 Å². The van der Waals surface area contributed by atoms with Crippen LogP contribution in [0.3, 0.4) is 0 Å². The van der Waals surface area contributed by atoms with Crippen molar-refractivity contribution >= 4 is 11.0 Å². The maximum Gasteiger partial charge on any atom is 0.336 e. The second-order valence-electron chi connectivity index (χ2n) is 6.83. The van der Waals surface area contributed by atoms with E-state index >= 15 is 0 Å². The molecule has 0 fully saturated rings. The lowest BCUT2D eigenvalue weighted by atomic mass is 10.0. The Hall–Kier alpha value is -3.05. The van der Waals surface area contributed by atoms with Crippen LogP contribution in [0.2, 0.25) is 0 Å². The molecule has 3 aromatic heterocycles. The Labute approximate surface area is 156 Å². The molecule has 138 valence electrons. The Morgan fingerprint density at radius 3 is 2.07 bits per heavy atom. The second kappa shape index (κ2) is 7.29. The molecular formula is C22H21NO4. The molecule has 0 radical (unpaired) electrons. The summed E-state index contributed by atoms with van der Waals surface area (Å²) < 4.78 is 16.4. The molecule has 3 heterocycles. The van der Waals surface area contributed by atoms with E-state index in [4.69, 9.17) is 13.3 Å². The van der Waals surface area contributed by atoms with Crippen molar-refractivity contribution in [3.05, 3.63) is 93.6 Å². The van der Waals surface area contributed by atoms with Crippen molar-refractivity contribution in [2.24, 2.45) is 0 Å². The van der Waals surface area contributed by atoms with Crippen LogP contribution >= 0.6 is 0 Å². The van der Waals surface area contributed by atoms with Gasteiger partial charge in [-0.1, -0.05) is 0 Å². The zero-order chi connectivity index (χ0) is 18.8. The summed E-state index contributed by atoms with van der Waals surface area (Å²) in [5, 5.41) is 0.960. The van der Waals surface area contributed by atoms with Crippen LogP contribution in [0.1, 0.15) is 28.2 Å². The molecule has 0 saturated carbocycles. The third-order valence-electron chi connectivity index (χ3n) is 4.76. The molecule has 0 aliphatic heterocycles. The van der Waals surface area contributed by atoms with Gasteiger partial charge in [-0.15, -0.1) is 0 Å². The van der Waals surface area contributed by atoms with Gasteiger partial charge in [-0.2, -0.15) is 0 Å². The fourth-order valence-corrected chi connectivity index (χ4v) is 3.27. The second-order valence-corrected chi connectivity index (χ2v) is 6.83. The van der Waals surface area contributed by atoms with Gasteiger partial charge in [-0.3, -0.25) is 4.90 Å². The van der Waals surface area contributed by atoms with Gasteiger partial charge in [0.25, 0.3) is 0 Å². The topological polar surface area (TPSA) is 59.7 Å². The molecular weight excluding hydrogens is 342 g/mol. The molecule has 0 saturated heterocycles. The standard InChI is InChI=1S/C22H21NO4/c1-15-9-20-17(11-22(24)27-21(20)10-16(15)2)12-23(13-18-5-3-7-25-18)14-19-6-4-8-26-19/h3-11H,12-14H2,1-2H3. The Balaban J connectivity index is 1.71. The highest BCUT2D eigenvalue weighted by Crippen LogP contribution is 2.24. The fourth-order valence-electron chi connectivity index (χ4n) is 3.27. The molecule has 0 aliphatic carbocycles. The van der Waals surface area contributed by atoms with Crippen LogP contribution in [0, 0.1) is 13.8 Å². The number of rotatable bonds is 6. The van der Waals surface area contributed by atoms with Gasteiger partial charge >= 0.3 is 5.63 Å². The van der Waals surface area contributed by atoms with Crippen molar-refractivity contribution in [2.75, 3.05) is 0 Å². The maximum absolute atomic E-state index is 12.1. The maximum atomic E-state index is 12.1. The minimum atomic E-state index is -0.336. The third kappa shape index (κ3) is 3.88. The van der Waals surface area contributed by atoms with Crippen LogP contribution in [0.25, 0.3) is 11.0 Å². The molecule has 5 nitrogen and oxygen atoms in total. The molecule has 4 rings (SSSR count). The lowest BCUT2D eigenvalue weighted by molar-refractivity contribution is 0.210. The molecule has 0 spiro atoms. The zero-order valence-electron chi connectivity index (χ0n) is 15.4. The normalized spacial score (nSPS) is 11.5. The molecule has 0 amide bonds. The van der Waals surface area contributed by atoms with E-state index in [2.05, 4.69) is 17.9 Å². The lowest BCUT2D eigenvalue weighted by Gasteiger charge is -2.21. The number of furan rings is 2. The molecule has 0 unspecified atom stereocenters. The number of hydrogen-bond acceptors (Lipinski definition) is 5. The molecule has 0 bridgehead atoms. The van der Waals surface area contributed by atoms with E-state index in [9.17, 15) is 4.79 Å². The van der Waals surface area contributed by atoms with Gasteiger partial charge in [0.15, 0.2) is 0 Å². The molecule has 4 aromatic rings. The monoisotopic (exact) mass is 363 g/mol. The SMILES string of the molecule is Cc1cc2oc(=O)cc(CN(Cc3ccco3)Cc3ccco3)c2cc1C. The van der Waals surface area contributed by atoms with E-state index in [1.807, 2.05) is 37.3 Å². The predicted octanol–water partition coefficient (Wildman–Crippen LogP) is 4.80. The lowest BCUT2D eigenvalue weighted by Crippen LogP contribution is -2.22. The van der Waals surface area contributed by atoms with Gasteiger partial charge in [-0.25, -0.2) is 4.79 Å². The van der Waals surface area contributed by atoms with Crippen LogP contribution < -0.4 is 5.63 Å². The quantitative estimate of drug-likeness (QED) is 0.461. The molecule has 5 heteroatoms. The van der Waals surface area contributed by atoms with E-state index in [1.165, 1.54) is 5.56 Å². The minimum absolute atomic E-state index is 0.336. The summed E-state index contributed by atoms with van der Waals surface area (Å²) in [6.45, 7) is 5.88. The average Bonchev–Trinajstić information content (AvgIpc) is 3.30. The van der Waals surface area contributed by atoms with Crippen molar-refractivity contribution in [1.29, 1.82) is 0 Å². The van der Waals surface area contributed by atoms with E-state index in [1.54, 1.807) is 18.6 Å². The van der Waals surface area contributed by atoms with Gasteiger partial charge < -0.3 is 13.3 Å². The fraction of sp³-hybridized carbons (Fsp3) is 0.227. The van der Waals surface area contributed by atoms with Gasteiger partial charge in [0.1, 0.15) is 17.1 Å². The Kier molecular flexibility index (Phi) is 4.69. The molecule has 0 N–H and O–H groups in total. The Morgan fingerprint density at radius 2 is 1.48 bits per heavy atom. The Morgan fingerprint density at radius 1 is 0.852 bits per heavy atom. The summed E-state index contributed by atoms with van der Waals surface area (Å²) in [5.74, 6) is 1.72. The van der Waals surface area contributed by atoms with Crippen molar-refractivity contribution < 1.29 is 13.3 Å². The highest BCUT2D eigenvalue weighted by atomic mass is 16.4. The van der Waals surface area contributed by atoms with Crippen LogP contribution in [-0.2, 0) is 19.6 Å².